The van der Waals surface area contributed by atoms with Crippen molar-refractivity contribution in [2.75, 3.05) is 0 Å². The van der Waals surface area contributed by atoms with Crippen LogP contribution in [0.5, 0.6) is 5.88 Å². The second-order valence-electron chi connectivity index (χ2n) is 7.97. The molecule has 1 spiro atoms. The van der Waals surface area contributed by atoms with E-state index in [-0.39, 0.29) is 23.5 Å². The van der Waals surface area contributed by atoms with Crippen LogP contribution in [0.3, 0.4) is 0 Å². The van der Waals surface area contributed by atoms with Crippen LogP contribution in [-0.2, 0) is 9.53 Å². The Labute approximate surface area is 170 Å². The summed E-state index contributed by atoms with van der Waals surface area (Å²) in [6.07, 6.45) is 2.58. The largest absolute Gasteiger partial charge is 0.474 e. The van der Waals surface area contributed by atoms with E-state index < -0.39 is 35.4 Å². The fourth-order valence-corrected chi connectivity index (χ4v) is 4.64. The van der Waals surface area contributed by atoms with Gasteiger partial charge in [0.1, 0.15) is 24.0 Å². The SMILES string of the molecule is NC(=O)c1ccnc(OC2CC3(C2)O[C@@H]2CC[C@@H](c4cc(F)cc(F)c4)N2C3=O)c1. The Kier molecular flexibility index (Phi) is 4.25. The molecule has 1 saturated carbocycles. The van der Waals surface area contributed by atoms with Gasteiger partial charge in [-0.2, -0.15) is 0 Å². The highest BCUT2D eigenvalue weighted by molar-refractivity contribution is 5.93. The molecule has 2 amide bonds. The minimum Gasteiger partial charge on any atom is -0.474 e. The molecule has 2 atom stereocenters. The molecule has 5 rings (SSSR count). The number of benzene rings is 1. The number of rotatable bonds is 4. The van der Waals surface area contributed by atoms with Crippen LogP contribution in [0.4, 0.5) is 8.78 Å². The Hall–Kier alpha value is -3.07. The van der Waals surface area contributed by atoms with Crippen LogP contribution in [0.2, 0.25) is 0 Å². The number of carbonyl (C=O) groups is 2. The molecule has 1 aliphatic carbocycles. The minimum atomic E-state index is -0.985. The maximum Gasteiger partial charge on any atom is 0.257 e. The highest BCUT2D eigenvalue weighted by Crippen LogP contribution is 2.51. The monoisotopic (exact) mass is 415 g/mol. The molecule has 2 N–H and O–H groups in total. The quantitative estimate of drug-likeness (QED) is 0.828. The Morgan fingerprint density at radius 1 is 1.20 bits per heavy atom. The number of nitrogens with zero attached hydrogens (tertiary/aromatic N) is 2. The van der Waals surface area contributed by atoms with Gasteiger partial charge in [0.25, 0.3) is 5.91 Å². The molecule has 30 heavy (non-hydrogen) atoms. The third-order valence-corrected chi connectivity index (χ3v) is 6.01. The number of hydrogen-bond donors (Lipinski definition) is 1. The lowest BCUT2D eigenvalue weighted by atomic mass is 9.76. The maximum absolute atomic E-state index is 13.7. The zero-order chi connectivity index (χ0) is 21.0. The molecule has 1 aromatic carbocycles. The van der Waals surface area contributed by atoms with Crippen molar-refractivity contribution in [2.45, 2.75) is 49.7 Å². The number of amides is 2. The second kappa shape index (κ2) is 6.73. The molecule has 3 fully saturated rings. The molecule has 3 aliphatic rings. The van der Waals surface area contributed by atoms with E-state index in [0.29, 0.717) is 31.2 Å². The number of fused-ring (bicyclic) bond motifs is 1. The normalized spacial score (nSPS) is 29.7. The average molecular weight is 415 g/mol. The van der Waals surface area contributed by atoms with E-state index in [0.717, 1.165) is 6.07 Å². The van der Waals surface area contributed by atoms with E-state index in [1.807, 2.05) is 0 Å². The predicted molar refractivity (Wildman–Crippen MR) is 99.2 cm³/mol. The van der Waals surface area contributed by atoms with Gasteiger partial charge in [-0.25, -0.2) is 13.8 Å². The molecule has 1 aromatic heterocycles. The number of aromatic nitrogens is 1. The molecule has 9 heteroatoms. The van der Waals surface area contributed by atoms with E-state index in [2.05, 4.69) is 4.98 Å². The van der Waals surface area contributed by atoms with E-state index in [1.54, 1.807) is 4.90 Å². The van der Waals surface area contributed by atoms with Gasteiger partial charge >= 0.3 is 0 Å². The summed E-state index contributed by atoms with van der Waals surface area (Å²) in [7, 11) is 0. The van der Waals surface area contributed by atoms with Crippen LogP contribution in [0.25, 0.3) is 0 Å². The summed E-state index contributed by atoms with van der Waals surface area (Å²) in [6, 6.07) is 5.87. The summed E-state index contributed by atoms with van der Waals surface area (Å²) in [5.74, 6) is -1.84. The summed E-state index contributed by atoms with van der Waals surface area (Å²) in [5.41, 5.74) is 5.00. The highest BCUT2D eigenvalue weighted by Gasteiger charge is 2.63. The van der Waals surface area contributed by atoms with Crippen molar-refractivity contribution >= 4 is 11.8 Å². The lowest BCUT2D eigenvalue weighted by molar-refractivity contribution is -0.162. The Balaban J connectivity index is 1.29. The van der Waals surface area contributed by atoms with Gasteiger partial charge in [0.15, 0.2) is 5.60 Å². The zero-order valence-electron chi connectivity index (χ0n) is 15.9. The fourth-order valence-electron chi connectivity index (χ4n) is 4.64. The van der Waals surface area contributed by atoms with E-state index in [9.17, 15) is 18.4 Å². The molecule has 0 bridgehead atoms. The standard InChI is InChI=1S/C21H19F2N3O4/c22-13-5-12(6-14(23)8-13)16-1-2-18-26(16)20(28)21(30-18)9-15(10-21)29-17-7-11(19(24)27)3-4-25-17/h3-8,15-16,18H,1-2,9-10H2,(H2,24,27)/t15?,16-,18+,21?/m0/s1. The summed E-state index contributed by atoms with van der Waals surface area (Å²) >= 11 is 0. The lowest BCUT2D eigenvalue weighted by Gasteiger charge is -2.42. The van der Waals surface area contributed by atoms with Crippen LogP contribution in [0.1, 0.15) is 47.6 Å². The van der Waals surface area contributed by atoms with Gasteiger partial charge in [-0.1, -0.05) is 0 Å². The summed E-state index contributed by atoms with van der Waals surface area (Å²) in [6.45, 7) is 0. The average Bonchev–Trinajstić information content (AvgIpc) is 3.19. The first-order chi connectivity index (χ1) is 14.3. The topological polar surface area (TPSA) is 94.8 Å². The Morgan fingerprint density at radius 3 is 2.63 bits per heavy atom. The van der Waals surface area contributed by atoms with Crippen molar-refractivity contribution in [2.24, 2.45) is 5.73 Å². The third kappa shape index (κ3) is 3.00. The Bertz CT molecular complexity index is 1020. The summed E-state index contributed by atoms with van der Waals surface area (Å²) in [5, 5.41) is 0. The predicted octanol–water partition coefficient (Wildman–Crippen LogP) is 2.46. The van der Waals surface area contributed by atoms with Gasteiger partial charge in [-0.3, -0.25) is 9.59 Å². The van der Waals surface area contributed by atoms with E-state index in [4.69, 9.17) is 15.2 Å². The zero-order valence-corrected chi connectivity index (χ0v) is 15.9. The highest BCUT2D eigenvalue weighted by atomic mass is 19.1. The maximum atomic E-state index is 13.7. The van der Waals surface area contributed by atoms with Crippen LogP contribution in [0, 0.1) is 11.6 Å². The first-order valence-electron chi connectivity index (χ1n) is 9.74. The number of halogens is 2. The molecular formula is C21H19F2N3O4. The van der Waals surface area contributed by atoms with Gasteiger partial charge < -0.3 is 20.1 Å². The Morgan fingerprint density at radius 2 is 1.93 bits per heavy atom. The second-order valence-corrected chi connectivity index (χ2v) is 7.97. The molecule has 2 saturated heterocycles. The van der Waals surface area contributed by atoms with Crippen LogP contribution < -0.4 is 10.5 Å². The van der Waals surface area contributed by atoms with Gasteiger partial charge in [0.2, 0.25) is 11.8 Å². The van der Waals surface area contributed by atoms with Crippen LogP contribution in [0.15, 0.2) is 36.5 Å². The summed E-state index contributed by atoms with van der Waals surface area (Å²) < 4.78 is 39.2. The number of carbonyl (C=O) groups excluding carboxylic acids is 2. The minimum absolute atomic E-state index is 0.182. The molecule has 0 radical (unpaired) electrons. The third-order valence-electron chi connectivity index (χ3n) is 6.01. The van der Waals surface area contributed by atoms with Crippen molar-refractivity contribution < 1.29 is 27.8 Å². The van der Waals surface area contributed by atoms with Crippen molar-refractivity contribution in [3.8, 4) is 5.88 Å². The molecule has 3 heterocycles. The fraction of sp³-hybridized carbons (Fsp3) is 0.381. The molecule has 156 valence electrons. The van der Waals surface area contributed by atoms with Crippen molar-refractivity contribution in [3.63, 3.8) is 0 Å². The summed E-state index contributed by atoms with van der Waals surface area (Å²) in [4.78, 5) is 30.1. The smallest absolute Gasteiger partial charge is 0.257 e. The molecule has 7 nitrogen and oxygen atoms in total. The van der Waals surface area contributed by atoms with Gasteiger partial charge in [-0.05, 0) is 36.6 Å². The van der Waals surface area contributed by atoms with E-state index >= 15 is 0 Å². The lowest BCUT2D eigenvalue weighted by Crippen LogP contribution is -2.56. The van der Waals surface area contributed by atoms with E-state index in [1.165, 1.54) is 30.5 Å². The van der Waals surface area contributed by atoms with Crippen LogP contribution >= 0.6 is 0 Å². The van der Waals surface area contributed by atoms with Gasteiger partial charge in [-0.15, -0.1) is 0 Å². The number of pyridine rings is 1. The molecule has 2 aliphatic heterocycles. The first-order valence-corrected chi connectivity index (χ1v) is 9.74. The molecule has 0 unspecified atom stereocenters. The number of hydrogen-bond acceptors (Lipinski definition) is 5. The van der Waals surface area contributed by atoms with Gasteiger partial charge in [0.05, 0.1) is 6.04 Å². The van der Waals surface area contributed by atoms with Crippen molar-refractivity contribution in [1.29, 1.82) is 0 Å². The number of primary amides is 1. The van der Waals surface area contributed by atoms with Gasteiger partial charge in [0, 0.05) is 36.7 Å². The number of ether oxygens (including phenoxy) is 2. The molecule has 2 aromatic rings. The number of nitrogens with two attached hydrogens (primary N) is 1. The molecular weight excluding hydrogens is 396 g/mol. The van der Waals surface area contributed by atoms with Crippen LogP contribution in [-0.4, -0.2) is 39.6 Å². The van der Waals surface area contributed by atoms with Crippen molar-refractivity contribution in [3.05, 3.63) is 59.3 Å². The first kappa shape index (κ1) is 18.9. The van der Waals surface area contributed by atoms with Crippen molar-refractivity contribution in [1.82, 2.24) is 9.88 Å².